The first-order chi connectivity index (χ1) is 9.88. The molecule has 4 heteroatoms. The van der Waals surface area contributed by atoms with E-state index in [9.17, 15) is 0 Å². The van der Waals surface area contributed by atoms with Crippen LogP contribution < -0.4 is 5.32 Å². The number of imidazole rings is 1. The molecule has 0 spiro atoms. The molecule has 3 rings (SSSR count). The lowest BCUT2D eigenvalue weighted by Crippen LogP contribution is -2.38. The minimum absolute atomic E-state index is 0.579. The van der Waals surface area contributed by atoms with Gasteiger partial charge in [0.25, 0.3) is 0 Å². The number of hydrogen-bond acceptors (Lipinski definition) is 3. The molecule has 1 N–H and O–H groups in total. The van der Waals surface area contributed by atoms with E-state index in [2.05, 4.69) is 45.5 Å². The van der Waals surface area contributed by atoms with Gasteiger partial charge < -0.3 is 9.88 Å². The second-order valence-electron chi connectivity index (χ2n) is 5.59. The van der Waals surface area contributed by atoms with Gasteiger partial charge in [-0.2, -0.15) is 0 Å². The highest BCUT2D eigenvalue weighted by Crippen LogP contribution is 2.30. The van der Waals surface area contributed by atoms with Crippen LogP contribution in [0.15, 0.2) is 29.9 Å². The molecule has 0 radical (unpaired) electrons. The lowest BCUT2D eigenvalue weighted by Gasteiger charge is -2.25. The second kappa shape index (κ2) is 6.55. The fourth-order valence-electron chi connectivity index (χ4n) is 3.30. The van der Waals surface area contributed by atoms with E-state index in [0.29, 0.717) is 6.04 Å². The van der Waals surface area contributed by atoms with Gasteiger partial charge in [-0.3, -0.25) is 0 Å². The van der Waals surface area contributed by atoms with Crippen molar-refractivity contribution in [1.82, 2.24) is 14.9 Å². The van der Waals surface area contributed by atoms with Crippen LogP contribution in [0.1, 0.15) is 32.6 Å². The third-order valence-corrected chi connectivity index (χ3v) is 5.15. The lowest BCUT2D eigenvalue weighted by molar-refractivity contribution is 0.328. The van der Waals surface area contributed by atoms with Gasteiger partial charge in [0.05, 0.1) is 4.88 Å². The van der Waals surface area contributed by atoms with Gasteiger partial charge in [-0.15, -0.1) is 11.3 Å². The smallest absolute Gasteiger partial charge is 0.150 e. The van der Waals surface area contributed by atoms with E-state index in [4.69, 9.17) is 0 Å². The van der Waals surface area contributed by atoms with E-state index in [1.165, 1.54) is 30.6 Å². The normalized spacial score (nSPS) is 17.6. The molecule has 0 aromatic carbocycles. The van der Waals surface area contributed by atoms with Crippen LogP contribution in [0, 0.1) is 5.92 Å². The summed E-state index contributed by atoms with van der Waals surface area (Å²) in [6.45, 7) is 4.28. The summed E-state index contributed by atoms with van der Waals surface area (Å²) in [5, 5.41) is 5.81. The first kappa shape index (κ1) is 13.8. The summed E-state index contributed by atoms with van der Waals surface area (Å²) >= 11 is 1.76. The SMILES string of the molecule is CCNC(Cn1ccnc1-c1cccs1)C1CCCC1. The number of thiophene rings is 1. The van der Waals surface area contributed by atoms with Gasteiger partial charge in [-0.05, 0) is 36.8 Å². The lowest BCUT2D eigenvalue weighted by atomic mass is 9.98. The van der Waals surface area contributed by atoms with Crippen LogP contribution in [0.2, 0.25) is 0 Å². The number of nitrogens with one attached hydrogen (secondary N) is 1. The van der Waals surface area contributed by atoms with Crippen molar-refractivity contribution < 1.29 is 0 Å². The Balaban J connectivity index is 1.77. The van der Waals surface area contributed by atoms with Gasteiger partial charge in [0.2, 0.25) is 0 Å². The number of aromatic nitrogens is 2. The maximum absolute atomic E-state index is 4.54. The summed E-state index contributed by atoms with van der Waals surface area (Å²) in [5.41, 5.74) is 0. The molecule has 3 nitrogen and oxygen atoms in total. The summed E-state index contributed by atoms with van der Waals surface area (Å²) in [7, 11) is 0. The molecule has 1 aliphatic rings. The molecule has 0 saturated heterocycles. The Morgan fingerprint density at radius 2 is 2.30 bits per heavy atom. The van der Waals surface area contributed by atoms with Crippen molar-refractivity contribution in [1.29, 1.82) is 0 Å². The molecule has 2 heterocycles. The average Bonchev–Trinajstić information content (AvgIpc) is 3.20. The van der Waals surface area contributed by atoms with Crippen LogP contribution in [-0.2, 0) is 6.54 Å². The molecule has 1 unspecified atom stereocenters. The van der Waals surface area contributed by atoms with Crippen LogP contribution in [0.5, 0.6) is 0 Å². The van der Waals surface area contributed by atoms with Gasteiger partial charge in [-0.25, -0.2) is 4.98 Å². The molecule has 2 aromatic heterocycles. The maximum atomic E-state index is 4.54. The zero-order valence-corrected chi connectivity index (χ0v) is 12.9. The van der Waals surface area contributed by atoms with Gasteiger partial charge in [-0.1, -0.05) is 25.8 Å². The van der Waals surface area contributed by atoms with E-state index in [-0.39, 0.29) is 0 Å². The third kappa shape index (κ3) is 2.96. The summed E-state index contributed by atoms with van der Waals surface area (Å²) in [6, 6.07) is 4.83. The van der Waals surface area contributed by atoms with Crippen molar-refractivity contribution in [2.45, 2.75) is 45.2 Å². The Bertz CT molecular complexity index is 512. The van der Waals surface area contributed by atoms with Gasteiger partial charge in [0.1, 0.15) is 5.82 Å². The summed E-state index contributed by atoms with van der Waals surface area (Å²) < 4.78 is 2.32. The molecule has 108 valence electrons. The van der Waals surface area contributed by atoms with Gasteiger partial charge in [0, 0.05) is 25.0 Å². The molecule has 1 atom stereocenters. The monoisotopic (exact) mass is 289 g/mol. The Kier molecular flexibility index (Phi) is 4.53. The number of likely N-dealkylation sites (N-methyl/N-ethyl adjacent to an activating group) is 1. The minimum Gasteiger partial charge on any atom is -0.329 e. The number of rotatable bonds is 6. The standard InChI is InChI=1S/C16H23N3S/c1-2-17-14(13-6-3-4-7-13)12-19-10-9-18-16(19)15-8-5-11-20-15/h5,8-11,13-14,17H,2-4,6-7,12H2,1H3. The zero-order chi connectivity index (χ0) is 13.8. The Hall–Kier alpha value is -1.13. The van der Waals surface area contributed by atoms with Crippen molar-refractivity contribution in [3.8, 4) is 10.7 Å². The van der Waals surface area contributed by atoms with Crippen LogP contribution in [0.3, 0.4) is 0 Å². The molecule has 1 aliphatic carbocycles. The predicted molar refractivity (Wildman–Crippen MR) is 85.0 cm³/mol. The molecule has 1 fully saturated rings. The maximum Gasteiger partial charge on any atom is 0.150 e. The molecular formula is C16H23N3S. The third-order valence-electron chi connectivity index (χ3n) is 4.29. The predicted octanol–water partition coefficient (Wildman–Crippen LogP) is 3.78. The topological polar surface area (TPSA) is 29.9 Å². The molecule has 0 bridgehead atoms. The molecule has 1 saturated carbocycles. The van der Waals surface area contributed by atoms with E-state index < -0.39 is 0 Å². The molecule has 0 aliphatic heterocycles. The van der Waals surface area contributed by atoms with Gasteiger partial charge in [0.15, 0.2) is 0 Å². The van der Waals surface area contributed by atoms with Crippen LogP contribution in [0.25, 0.3) is 10.7 Å². The molecule has 2 aromatic rings. The van der Waals surface area contributed by atoms with Crippen LogP contribution >= 0.6 is 11.3 Å². The van der Waals surface area contributed by atoms with Gasteiger partial charge >= 0.3 is 0 Å². The van der Waals surface area contributed by atoms with Crippen molar-refractivity contribution >= 4 is 11.3 Å². The Morgan fingerprint density at radius 3 is 3.00 bits per heavy atom. The summed E-state index contributed by atoms with van der Waals surface area (Å²) in [5.74, 6) is 1.94. The van der Waals surface area contributed by atoms with E-state index in [1.54, 1.807) is 11.3 Å². The molecule has 20 heavy (non-hydrogen) atoms. The van der Waals surface area contributed by atoms with Crippen molar-refractivity contribution in [2.75, 3.05) is 6.54 Å². The highest BCUT2D eigenvalue weighted by Gasteiger charge is 2.25. The largest absolute Gasteiger partial charge is 0.329 e. The molecule has 0 amide bonds. The highest BCUT2D eigenvalue weighted by molar-refractivity contribution is 7.13. The fourth-order valence-corrected chi connectivity index (χ4v) is 4.04. The van der Waals surface area contributed by atoms with E-state index >= 15 is 0 Å². The minimum atomic E-state index is 0.579. The van der Waals surface area contributed by atoms with Crippen molar-refractivity contribution in [2.24, 2.45) is 5.92 Å². The van der Waals surface area contributed by atoms with Crippen molar-refractivity contribution in [3.63, 3.8) is 0 Å². The van der Waals surface area contributed by atoms with Crippen molar-refractivity contribution in [3.05, 3.63) is 29.9 Å². The van der Waals surface area contributed by atoms with Crippen LogP contribution in [0.4, 0.5) is 0 Å². The van der Waals surface area contributed by atoms with E-state index in [1.807, 2.05) is 6.20 Å². The number of nitrogens with zero attached hydrogens (tertiary/aromatic N) is 2. The summed E-state index contributed by atoms with van der Waals surface area (Å²) in [4.78, 5) is 5.80. The highest BCUT2D eigenvalue weighted by atomic mass is 32.1. The van der Waals surface area contributed by atoms with E-state index in [0.717, 1.165) is 24.8 Å². The Morgan fingerprint density at radius 1 is 1.45 bits per heavy atom. The second-order valence-corrected chi connectivity index (χ2v) is 6.54. The molecular weight excluding hydrogens is 266 g/mol. The zero-order valence-electron chi connectivity index (χ0n) is 12.1. The first-order valence-corrected chi connectivity index (χ1v) is 8.55. The summed E-state index contributed by atoms with van der Waals surface area (Å²) in [6.07, 6.45) is 9.59. The fraction of sp³-hybridized carbons (Fsp3) is 0.562. The number of hydrogen-bond donors (Lipinski definition) is 1. The quantitative estimate of drug-likeness (QED) is 0.877. The first-order valence-electron chi connectivity index (χ1n) is 7.67. The Labute approximate surface area is 125 Å². The van der Waals surface area contributed by atoms with Crippen LogP contribution in [-0.4, -0.2) is 22.1 Å². The average molecular weight is 289 g/mol.